The van der Waals surface area contributed by atoms with Crippen LogP contribution in [0.15, 0.2) is 36.5 Å². The smallest absolute Gasteiger partial charge is 0.407 e. The summed E-state index contributed by atoms with van der Waals surface area (Å²) in [6.45, 7) is 10.8. The molecular weight excluding hydrogens is 452 g/mol. The normalized spacial score (nSPS) is 20.2. The Kier molecular flexibility index (Phi) is 8.62. The largest absolute Gasteiger partial charge is 0.446 e. The van der Waals surface area contributed by atoms with E-state index in [2.05, 4.69) is 28.4 Å². The molecule has 2 amide bonds. The van der Waals surface area contributed by atoms with Gasteiger partial charge in [0.25, 0.3) is 0 Å². The van der Waals surface area contributed by atoms with E-state index in [0.29, 0.717) is 6.42 Å². The molecule has 2 aromatic rings. The summed E-state index contributed by atoms with van der Waals surface area (Å²) >= 11 is 0. The molecular formula is C29H40N4O3. The monoisotopic (exact) mass is 492 g/mol. The molecule has 7 nitrogen and oxygen atoms in total. The Hall–Kier alpha value is -2.93. The minimum Gasteiger partial charge on any atom is -0.446 e. The van der Waals surface area contributed by atoms with Crippen LogP contribution in [0.4, 0.5) is 10.5 Å². The van der Waals surface area contributed by atoms with Crippen LogP contribution in [0.25, 0.3) is 11.1 Å². The third kappa shape index (κ3) is 6.06. The van der Waals surface area contributed by atoms with E-state index in [1.807, 2.05) is 44.0 Å². The van der Waals surface area contributed by atoms with Gasteiger partial charge in [0.1, 0.15) is 6.10 Å². The number of hydrogen-bond acceptors (Lipinski definition) is 5. The number of nitrogens with one attached hydrogen (secondary N) is 1. The van der Waals surface area contributed by atoms with Gasteiger partial charge in [0.05, 0.1) is 11.7 Å². The summed E-state index contributed by atoms with van der Waals surface area (Å²) in [6.07, 6.45) is 7.48. The van der Waals surface area contributed by atoms with Crippen molar-refractivity contribution in [2.45, 2.75) is 91.0 Å². The van der Waals surface area contributed by atoms with E-state index in [1.54, 1.807) is 6.92 Å². The summed E-state index contributed by atoms with van der Waals surface area (Å²) in [6, 6.07) is 10.1. The number of anilines is 1. The summed E-state index contributed by atoms with van der Waals surface area (Å²) < 4.78 is 5.62. The second kappa shape index (κ2) is 11.9. The maximum absolute atomic E-state index is 12.7. The molecule has 1 aromatic heterocycles. The molecule has 1 fully saturated rings. The first-order valence-electron chi connectivity index (χ1n) is 13.5. The van der Waals surface area contributed by atoms with Crippen LogP contribution in [0.5, 0.6) is 0 Å². The fourth-order valence-electron chi connectivity index (χ4n) is 5.48. The summed E-state index contributed by atoms with van der Waals surface area (Å²) in [7, 11) is 0. The van der Waals surface area contributed by atoms with Gasteiger partial charge in [-0.25, -0.2) is 4.79 Å². The molecule has 0 spiro atoms. The highest BCUT2D eigenvalue weighted by Crippen LogP contribution is 2.39. The number of pyridine rings is 1. The zero-order valence-electron chi connectivity index (χ0n) is 22.1. The maximum atomic E-state index is 12.7. The van der Waals surface area contributed by atoms with Gasteiger partial charge in [0.15, 0.2) is 0 Å². The van der Waals surface area contributed by atoms with Crippen molar-refractivity contribution in [1.29, 1.82) is 0 Å². The number of rotatable bonds is 7. The zero-order chi connectivity index (χ0) is 25.7. The summed E-state index contributed by atoms with van der Waals surface area (Å²) in [4.78, 5) is 34.2. The first kappa shape index (κ1) is 26.1. The molecule has 2 atom stereocenters. The Morgan fingerprint density at radius 2 is 1.81 bits per heavy atom. The minimum absolute atomic E-state index is 0.00158. The van der Waals surface area contributed by atoms with Crippen molar-refractivity contribution in [3.8, 4) is 11.1 Å². The van der Waals surface area contributed by atoms with Crippen molar-refractivity contribution in [1.82, 2.24) is 15.2 Å². The molecule has 3 heterocycles. The third-order valence-corrected chi connectivity index (χ3v) is 7.49. The lowest BCUT2D eigenvalue weighted by Crippen LogP contribution is -2.45. The number of ether oxygens (including phenoxy) is 1. The Bertz CT molecular complexity index is 1040. The quantitative estimate of drug-likeness (QED) is 0.526. The van der Waals surface area contributed by atoms with E-state index in [9.17, 15) is 9.59 Å². The van der Waals surface area contributed by atoms with E-state index in [-0.39, 0.29) is 24.1 Å². The molecule has 0 aliphatic carbocycles. The molecule has 7 heteroatoms. The first-order valence-corrected chi connectivity index (χ1v) is 13.5. The predicted octanol–water partition coefficient (Wildman–Crippen LogP) is 5.84. The maximum Gasteiger partial charge on any atom is 0.407 e. The first-order chi connectivity index (χ1) is 17.4. The topological polar surface area (TPSA) is 74.8 Å². The number of piperidine rings is 1. The van der Waals surface area contributed by atoms with Crippen molar-refractivity contribution >= 4 is 17.7 Å². The standard InChI is InChI=1S/C29H40N4O3/c1-5-25(6-2)36-29(35)31-27-16-20(3)33(21(4)34)28-13-11-22(17-26(27)28)23-10-12-24(30-18-23)19-32-14-8-7-9-15-32/h10-13,17-18,20,25,27H,5-9,14-16,19H2,1-4H3,(H,31,35). The number of amides is 2. The lowest BCUT2D eigenvalue weighted by atomic mass is 9.89. The molecule has 2 unspecified atom stereocenters. The zero-order valence-corrected chi connectivity index (χ0v) is 22.1. The fourth-order valence-corrected chi connectivity index (χ4v) is 5.48. The van der Waals surface area contributed by atoms with Gasteiger partial charge in [-0.05, 0) is 81.4 Å². The van der Waals surface area contributed by atoms with Gasteiger partial charge in [-0.2, -0.15) is 0 Å². The number of alkyl carbamates (subject to hydrolysis) is 1. The lowest BCUT2D eigenvalue weighted by molar-refractivity contribution is -0.117. The lowest BCUT2D eigenvalue weighted by Gasteiger charge is -2.39. The van der Waals surface area contributed by atoms with Gasteiger partial charge in [0.2, 0.25) is 5.91 Å². The van der Waals surface area contributed by atoms with Crippen molar-refractivity contribution in [2.75, 3.05) is 18.0 Å². The average molecular weight is 493 g/mol. The van der Waals surface area contributed by atoms with Crippen LogP contribution in [-0.4, -0.2) is 47.1 Å². The minimum atomic E-state index is -0.405. The number of fused-ring (bicyclic) bond motifs is 1. The van der Waals surface area contributed by atoms with Gasteiger partial charge in [-0.1, -0.05) is 32.4 Å². The molecule has 2 aliphatic heterocycles. The van der Waals surface area contributed by atoms with Crippen molar-refractivity contribution in [2.24, 2.45) is 0 Å². The van der Waals surface area contributed by atoms with Gasteiger partial charge in [-0.3, -0.25) is 14.7 Å². The Morgan fingerprint density at radius 1 is 1.08 bits per heavy atom. The molecule has 0 saturated carbocycles. The van der Waals surface area contributed by atoms with Gasteiger partial charge >= 0.3 is 6.09 Å². The van der Waals surface area contributed by atoms with Crippen molar-refractivity contribution in [3.05, 3.63) is 47.8 Å². The van der Waals surface area contributed by atoms with Crippen LogP contribution in [-0.2, 0) is 16.1 Å². The van der Waals surface area contributed by atoms with Crippen LogP contribution in [0.3, 0.4) is 0 Å². The van der Waals surface area contributed by atoms with E-state index in [0.717, 1.165) is 60.5 Å². The summed E-state index contributed by atoms with van der Waals surface area (Å²) in [5.41, 5.74) is 4.89. The van der Waals surface area contributed by atoms with Crippen LogP contribution in [0.2, 0.25) is 0 Å². The van der Waals surface area contributed by atoms with Crippen molar-refractivity contribution < 1.29 is 14.3 Å². The number of nitrogens with zero attached hydrogens (tertiary/aromatic N) is 3. The number of aromatic nitrogens is 1. The molecule has 4 rings (SSSR count). The predicted molar refractivity (Wildman–Crippen MR) is 143 cm³/mol. The number of benzene rings is 1. The number of likely N-dealkylation sites (tertiary alicyclic amines) is 1. The molecule has 2 aliphatic rings. The van der Waals surface area contributed by atoms with E-state index >= 15 is 0 Å². The van der Waals surface area contributed by atoms with E-state index in [4.69, 9.17) is 9.72 Å². The average Bonchev–Trinajstić information content (AvgIpc) is 2.88. The Balaban J connectivity index is 1.57. The number of carbonyl (C=O) groups excluding carboxylic acids is 2. The van der Waals surface area contributed by atoms with E-state index in [1.165, 1.54) is 19.3 Å². The SMILES string of the molecule is CCC(CC)OC(=O)NC1CC(C)N(C(C)=O)c2ccc(-c3ccc(CN4CCCCC4)nc3)cc21. The Labute approximate surface area is 215 Å². The highest BCUT2D eigenvalue weighted by molar-refractivity contribution is 5.94. The third-order valence-electron chi connectivity index (χ3n) is 7.49. The number of carbonyl (C=O) groups is 2. The molecule has 0 bridgehead atoms. The molecule has 194 valence electrons. The second-order valence-electron chi connectivity index (χ2n) is 10.2. The number of hydrogen-bond donors (Lipinski definition) is 1. The molecule has 1 N–H and O–H groups in total. The fraction of sp³-hybridized carbons (Fsp3) is 0.552. The van der Waals surface area contributed by atoms with E-state index < -0.39 is 6.09 Å². The molecule has 1 aromatic carbocycles. The van der Waals surface area contributed by atoms with Crippen LogP contribution >= 0.6 is 0 Å². The molecule has 1 saturated heterocycles. The van der Waals surface area contributed by atoms with Gasteiger partial charge in [0, 0.05) is 37.0 Å². The van der Waals surface area contributed by atoms with Crippen molar-refractivity contribution in [3.63, 3.8) is 0 Å². The highest BCUT2D eigenvalue weighted by Gasteiger charge is 2.34. The summed E-state index contributed by atoms with van der Waals surface area (Å²) in [5.74, 6) is -0.00158. The van der Waals surface area contributed by atoms with Crippen LogP contribution < -0.4 is 10.2 Å². The van der Waals surface area contributed by atoms with Crippen LogP contribution in [0, 0.1) is 0 Å². The summed E-state index contributed by atoms with van der Waals surface area (Å²) in [5, 5.41) is 3.08. The Morgan fingerprint density at radius 3 is 2.44 bits per heavy atom. The molecule has 0 radical (unpaired) electrons. The van der Waals surface area contributed by atoms with Gasteiger partial charge < -0.3 is 15.0 Å². The van der Waals surface area contributed by atoms with Crippen LogP contribution in [0.1, 0.15) is 83.5 Å². The highest BCUT2D eigenvalue weighted by atomic mass is 16.6. The van der Waals surface area contributed by atoms with Gasteiger partial charge in [-0.15, -0.1) is 0 Å². The molecule has 36 heavy (non-hydrogen) atoms. The second-order valence-corrected chi connectivity index (χ2v) is 10.2.